The highest BCUT2D eigenvalue weighted by molar-refractivity contribution is 6.36. The average Bonchev–Trinajstić information content (AvgIpc) is 2.77. The molecule has 0 radical (unpaired) electrons. The van der Waals surface area contributed by atoms with Crippen molar-refractivity contribution in [2.24, 2.45) is 0 Å². The van der Waals surface area contributed by atoms with Crippen molar-refractivity contribution in [3.63, 3.8) is 0 Å². The number of Topliss-reactive ketones (excluding diaryl/α,β-unsaturated/α-hetero) is 1. The first kappa shape index (κ1) is 14.1. The monoisotopic (exact) mass is 296 g/mol. The molecule has 0 fully saturated rings. The van der Waals surface area contributed by atoms with Gasteiger partial charge in [0.05, 0.1) is 11.4 Å². The lowest BCUT2D eigenvalue weighted by atomic mass is 10.1. The van der Waals surface area contributed by atoms with Gasteiger partial charge < -0.3 is 4.57 Å². The molecule has 0 amide bonds. The number of hydrogen-bond donors (Lipinski definition) is 0. The summed E-state index contributed by atoms with van der Waals surface area (Å²) in [7, 11) is 0. The van der Waals surface area contributed by atoms with E-state index in [9.17, 15) is 4.79 Å². The second-order valence-electron chi connectivity index (χ2n) is 4.26. The zero-order chi connectivity index (χ0) is 13.8. The third-order valence-corrected chi connectivity index (χ3v) is 3.36. The lowest BCUT2D eigenvalue weighted by Crippen LogP contribution is -2.10. The molecule has 1 aromatic heterocycles. The molecule has 100 valence electrons. The van der Waals surface area contributed by atoms with Crippen molar-refractivity contribution in [2.45, 2.75) is 26.3 Å². The predicted octanol–water partition coefficient (Wildman–Crippen LogP) is 4.03. The van der Waals surface area contributed by atoms with E-state index in [2.05, 4.69) is 11.9 Å². The molecular weight excluding hydrogens is 283 g/mol. The van der Waals surface area contributed by atoms with Crippen LogP contribution in [0.15, 0.2) is 30.6 Å². The summed E-state index contributed by atoms with van der Waals surface area (Å²) < 4.78 is 1.99. The number of halogens is 2. The van der Waals surface area contributed by atoms with E-state index in [1.54, 1.807) is 24.4 Å². The first-order valence-corrected chi connectivity index (χ1v) is 6.85. The quantitative estimate of drug-likeness (QED) is 0.781. The zero-order valence-corrected chi connectivity index (χ0v) is 12.1. The van der Waals surface area contributed by atoms with Gasteiger partial charge in [-0.25, -0.2) is 4.98 Å². The largest absolute Gasteiger partial charge is 0.335 e. The third kappa shape index (κ3) is 3.37. The number of benzene rings is 1. The maximum Gasteiger partial charge on any atom is 0.171 e. The Morgan fingerprint density at radius 2 is 2.16 bits per heavy atom. The number of aryl methyl sites for hydroxylation is 1. The molecule has 0 spiro atoms. The van der Waals surface area contributed by atoms with E-state index < -0.39 is 0 Å². The van der Waals surface area contributed by atoms with Crippen molar-refractivity contribution in [3.05, 3.63) is 52.0 Å². The summed E-state index contributed by atoms with van der Waals surface area (Å²) in [5.41, 5.74) is 0.483. The van der Waals surface area contributed by atoms with Crippen LogP contribution in [0, 0.1) is 0 Å². The van der Waals surface area contributed by atoms with Gasteiger partial charge in [-0.15, -0.1) is 0 Å². The molecule has 3 nitrogen and oxygen atoms in total. The Bertz CT molecular complexity index is 593. The van der Waals surface area contributed by atoms with Crippen LogP contribution >= 0.6 is 23.2 Å². The van der Waals surface area contributed by atoms with Crippen molar-refractivity contribution in [1.29, 1.82) is 0 Å². The normalized spacial score (nSPS) is 10.7. The van der Waals surface area contributed by atoms with E-state index in [-0.39, 0.29) is 12.2 Å². The van der Waals surface area contributed by atoms with Gasteiger partial charge in [-0.05, 0) is 24.6 Å². The fourth-order valence-electron chi connectivity index (χ4n) is 1.91. The van der Waals surface area contributed by atoms with E-state index in [0.717, 1.165) is 18.8 Å². The number of carbonyl (C=O) groups excluding carboxylic acids is 1. The molecule has 0 aliphatic rings. The Kier molecular flexibility index (Phi) is 4.61. The first-order chi connectivity index (χ1) is 9.11. The van der Waals surface area contributed by atoms with E-state index in [1.165, 1.54) is 0 Å². The van der Waals surface area contributed by atoms with Gasteiger partial charge in [-0.2, -0.15) is 0 Å². The van der Waals surface area contributed by atoms with Crippen LogP contribution < -0.4 is 0 Å². The molecule has 0 saturated carbocycles. The minimum absolute atomic E-state index is 0.0507. The molecule has 1 heterocycles. The maximum absolute atomic E-state index is 12.2. The standard InChI is InChI=1S/C14H14Cl2N2O/c1-2-6-18-7-5-17-14(18)9-13(19)11-4-3-10(15)8-12(11)16/h3-5,7-8H,2,6,9H2,1H3. The van der Waals surface area contributed by atoms with Gasteiger partial charge in [0.25, 0.3) is 0 Å². The van der Waals surface area contributed by atoms with Gasteiger partial charge in [-0.1, -0.05) is 30.1 Å². The molecule has 2 rings (SSSR count). The van der Waals surface area contributed by atoms with Crippen LogP contribution in [0.4, 0.5) is 0 Å². The Hall–Kier alpha value is -1.32. The van der Waals surface area contributed by atoms with Gasteiger partial charge in [0, 0.05) is 29.5 Å². The second-order valence-corrected chi connectivity index (χ2v) is 5.10. The van der Waals surface area contributed by atoms with E-state index in [4.69, 9.17) is 23.2 Å². The fourth-order valence-corrected chi connectivity index (χ4v) is 2.42. The Morgan fingerprint density at radius 1 is 1.37 bits per heavy atom. The zero-order valence-electron chi connectivity index (χ0n) is 10.6. The molecular formula is C14H14Cl2N2O. The molecule has 0 unspecified atom stereocenters. The van der Waals surface area contributed by atoms with Crippen LogP contribution in [0.1, 0.15) is 29.5 Å². The minimum Gasteiger partial charge on any atom is -0.335 e. The van der Waals surface area contributed by atoms with Crippen LogP contribution in [-0.4, -0.2) is 15.3 Å². The lowest BCUT2D eigenvalue weighted by molar-refractivity contribution is 0.0990. The van der Waals surface area contributed by atoms with Crippen molar-refractivity contribution in [1.82, 2.24) is 9.55 Å². The van der Waals surface area contributed by atoms with E-state index in [0.29, 0.717) is 15.6 Å². The van der Waals surface area contributed by atoms with E-state index >= 15 is 0 Å². The second kappa shape index (κ2) is 6.22. The number of rotatable bonds is 5. The van der Waals surface area contributed by atoms with Crippen molar-refractivity contribution in [2.75, 3.05) is 0 Å². The number of hydrogen-bond acceptors (Lipinski definition) is 2. The van der Waals surface area contributed by atoms with Crippen LogP contribution in [0.5, 0.6) is 0 Å². The van der Waals surface area contributed by atoms with Gasteiger partial charge in [0.1, 0.15) is 5.82 Å². The summed E-state index contributed by atoms with van der Waals surface area (Å²) >= 11 is 11.9. The third-order valence-electron chi connectivity index (χ3n) is 2.82. The van der Waals surface area contributed by atoms with Crippen molar-refractivity contribution >= 4 is 29.0 Å². The fraction of sp³-hybridized carbons (Fsp3) is 0.286. The smallest absolute Gasteiger partial charge is 0.171 e. The molecule has 2 aromatic rings. The Labute approximate surface area is 122 Å². The molecule has 0 aliphatic carbocycles. The van der Waals surface area contributed by atoms with Gasteiger partial charge >= 0.3 is 0 Å². The highest BCUT2D eigenvalue weighted by Gasteiger charge is 2.14. The number of aromatic nitrogens is 2. The van der Waals surface area contributed by atoms with Gasteiger partial charge in [0.15, 0.2) is 5.78 Å². The summed E-state index contributed by atoms with van der Waals surface area (Å²) in [5.74, 6) is 0.711. The highest BCUT2D eigenvalue weighted by atomic mass is 35.5. The first-order valence-electron chi connectivity index (χ1n) is 6.10. The number of nitrogens with zero attached hydrogens (tertiary/aromatic N) is 2. The molecule has 0 bridgehead atoms. The van der Waals surface area contributed by atoms with Crippen LogP contribution in [0.3, 0.4) is 0 Å². The maximum atomic E-state index is 12.2. The summed E-state index contributed by atoms with van der Waals surface area (Å²) in [6, 6.07) is 4.90. The van der Waals surface area contributed by atoms with Crippen LogP contribution in [0.2, 0.25) is 10.0 Å². The summed E-state index contributed by atoms with van der Waals surface area (Å²) in [5, 5.41) is 0.903. The highest BCUT2D eigenvalue weighted by Crippen LogP contribution is 2.22. The number of ketones is 1. The Balaban J connectivity index is 2.18. The predicted molar refractivity (Wildman–Crippen MR) is 77.0 cm³/mol. The van der Waals surface area contributed by atoms with Crippen LogP contribution in [0.25, 0.3) is 0 Å². The summed E-state index contributed by atoms with van der Waals surface area (Å²) in [6.07, 6.45) is 4.84. The molecule has 1 aromatic carbocycles. The summed E-state index contributed by atoms with van der Waals surface area (Å²) in [4.78, 5) is 16.4. The molecule has 0 saturated heterocycles. The molecule has 0 atom stereocenters. The number of carbonyl (C=O) groups is 1. The molecule has 0 N–H and O–H groups in total. The van der Waals surface area contributed by atoms with Crippen molar-refractivity contribution in [3.8, 4) is 0 Å². The topological polar surface area (TPSA) is 34.9 Å². The van der Waals surface area contributed by atoms with Crippen LogP contribution in [-0.2, 0) is 13.0 Å². The molecule has 5 heteroatoms. The minimum atomic E-state index is -0.0507. The Morgan fingerprint density at radius 3 is 2.84 bits per heavy atom. The van der Waals surface area contributed by atoms with Gasteiger partial charge in [0.2, 0.25) is 0 Å². The van der Waals surface area contributed by atoms with E-state index in [1.807, 2.05) is 10.8 Å². The molecule has 19 heavy (non-hydrogen) atoms. The number of imidazole rings is 1. The molecule has 0 aliphatic heterocycles. The summed E-state index contributed by atoms with van der Waals surface area (Å²) in [6.45, 7) is 2.94. The van der Waals surface area contributed by atoms with Gasteiger partial charge in [-0.3, -0.25) is 4.79 Å². The van der Waals surface area contributed by atoms with Crippen molar-refractivity contribution < 1.29 is 4.79 Å². The lowest BCUT2D eigenvalue weighted by Gasteiger charge is -2.07. The SMILES string of the molecule is CCCn1ccnc1CC(=O)c1ccc(Cl)cc1Cl. The average molecular weight is 297 g/mol.